The van der Waals surface area contributed by atoms with Crippen LogP contribution in [0.1, 0.15) is 33.6 Å². The molecular formula is C21H19NO3. The highest BCUT2D eigenvalue weighted by Crippen LogP contribution is 2.33. The van der Waals surface area contributed by atoms with Crippen molar-refractivity contribution in [1.82, 2.24) is 4.98 Å². The number of rotatable bonds is 2. The number of benzene rings is 2. The quantitative estimate of drug-likeness (QED) is 0.683. The van der Waals surface area contributed by atoms with Crippen molar-refractivity contribution in [2.75, 3.05) is 7.11 Å². The zero-order valence-corrected chi connectivity index (χ0v) is 14.2. The largest absolute Gasteiger partial charge is 0.504 e. The van der Waals surface area contributed by atoms with Crippen LogP contribution in [0.3, 0.4) is 0 Å². The summed E-state index contributed by atoms with van der Waals surface area (Å²) in [6.07, 6.45) is 3.42. The third kappa shape index (κ3) is 2.60. The molecule has 25 heavy (non-hydrogen) atoms. The number of fused-ring (bicyclic) bond motifs is 3. The van der Waals surface area contributed by atoms with Gasteiger partial charge in [-0.25, -0.2) is 0 Å². The fourth-order valence-corrected chi connectivity index (χ4v) is 3.47. The van der Waals surface area contributed by atoms with Gasteiger partial charge >= 0.3 is 0 Å². The summed E-state index contributed by atoms with van der Waals surface area (Å²) in [6, 6.07) is 11.3. The smallest absolute Gasteiger partial charge is 0.205 e. The second kappa shape index (κ2) is 5.81. The summed E-state index contributed by atoms with van der Waals surface area (Å²) in [5, 5.41) is 10.9. The minimum atomic E-state index is 0.0437. The number of nitrogens with one attached hydrogen (secondary N) is 1. The standard InChI is InChI=1S/C21H19NO3/c1-12-3-7-17-16(9-12)15-6-5-14(21(24)20(15)22-17)10-13-4-8-18(23)19(11-13)25-2/h3-4,7-11,22-23H,5-6H2,1-2H3/b14-10+. The maximum absolute atomic E-state index is 12.9. The van der Waals surface area contributed by atoms with E-state index in [1.807, 2.05) is 18.2 Å². The van der Waals surface area contributed by atoms with E-state index in [-0.39, 0.29) is 11.5 Å². The van der Waals surface area contributed by atoms with Crippen LogP contribution in [0.4, 0.5) is 0 Å². The third-order valence-corrected chi connectivity index (χ3v) is 4.77. The second-order valence-electron chi connectivity index (χ2n) is 6.46. The molecule has 2 N–H and O–H groups in total. The molecule has 1 aliphatic carbocycles. The SMILES string of the molecule is COc1cc(/C=C2\CCc3c([nH]c4ccc(C)cc34)C2=O)ccc1O. The van der Waals surface area contributed by atoms with Crippen LogP contribution in [-0.2, 0) is 6.42 Å². The third-order valence-electron chi connectivity index (χ3n) is 4.77. The first-order valence-corrected chi connectivity index (χ1v) is 8.30. The topological polar surface area (TPSA) is 62.3 Å². The molecule has 0 fully saturated rings. The average Bonchev–Trinajstić information content (AvgIpc) is 2.97. The Morgan fingerprint density at radius 2 is 2.00 bits per heavy atom. The van der Waals surface area contributed by atoms with Gasteiger partial charge in [0.05, 0.1) is 12.8 Å². The van der Waals surface area contributed by atoms with Crippen molar-refractivity contribution in [1.29, 1.82) is 0 Å². The van der Waals surface area contributed by atoms with Gasteiger partial charge in [-0.05, 0) is 61.2 Å². The Morgan fingerprint density at radius 3 is 2.80 bits per heavy atom. The van der Waals surface area contributed by atoms with E-state index in [1.54, 1.807) is 18.2 Å². The molecule has 0 saturated carbocycles. The molecule has 4 rings (SSSR count). The van der Waals surface area contributed by atoms with Gasteiger partial charge in [-0.1, -0.05) is 17.7 Å². The van der Waals surface area contributed by atoms with Gasteiger partial charge in [0, 0.05) is 16.5 Å². The van der Waals surface area contributed by atoms with E-state index in [9.17, 15) is 9.90 Å². The highest BCUT2D eigenvalue weighted by atomic mass is 16.5. The number of aromatic nitrogens is 1. The first-order valence-electron chi connectivity index (χ1n) is 8.30. The van der Waals surface area contributed by atoms with Gasteiger partial charge in [0.2, 0.25) is 5.78 Å². The normalized spacial score (nSPS) is 15.6. The van der Waals surface area contributed by atoms with Crippen LogP contribution in [0.5, 0.6) is 11.5 Å². The highest BCUT2D eigenvalue weighted by molar-refractivity contribution is 6.15. The van der Waals surface area contributed by atoms with Crippen molar-refractivity contribution in [3.63, 3.8) is 0 Å². The van der Waals surface area contributed by atoms with Gasteiger partial charge in [-0.3, -0.25) is 4.79 Å². The maximum Gasteiger partial charge on any atom is 0.205 e. The van der Waals surface area contributed by atoms with Crippen LogP contribution >= 0.6 is 0 Å². The van der Waals surface area contributed by atoms with Crippen LogP contribution < -0.4 is 4.74 Å². The number of carbonyl (C=O) groups is 1. The summed E-state index contributed by atoms with van der Waals surface area (Å²) in [6.45, 7) is 2.06. The molecule has 1 heterocycles. The summed E-state index contributed by atoms with van der Waals surface area (Å²) in [5.41, 5.74) is 5.63. The Hall–Kier alpha value is -3.01. The number of methoxy groups -OCH3 is 1. The van der Waals surface area contributed by atoms with Gasteiger partial charge < -0.3 is 14.8 Å². The highest BCUT2D eigenvalue weighted by Gasteiger charge is 2.25. The molecule has 126 valence electrons. The predicted molar refractivity (Wildman–Crippen MR) is 98.3 cm³/mol. The number of aromatic hydroxyl groups is 1. The molecule has 0 bridgehead atoms. The first-order chi connectivity index (χ1) is 12.1. The average molecular weight is 333 g/mol. The predicted octanol–water partition coefficient (Wildman–Crippen LogP) is 4.40. The number of ether oxygens (including phenoxy) is 1. The molecule has 0 aliphatic heterocycles. The number of aryl methyl sites for hydroxylation is 2. The van der Waals surface area contributed by atoms with Gasteiger partial charge in [-0.2, -0.15) is 0 Å². The molecule has 0 unspecified atom stereocenters. The molecule has 1 aromatic heterocycles. The zero-order valence-electron chi connectivity index (χ0n) is 14.2. The molecular weight excluding hydrogens is 314 g/mol. The second-order valence-corrected chi connectivity index (χ2v) is 6.46. The number of phenolic OH excluding ortho intramolecular Hbond substituents is 1. The Morgan fingerprint density at radius 1 is 1.16 bits per heavy atom. The van der Waals surface area contributed by atoms with E-state index >= 15 is 0 Å². The molecule has 4 heteroatoms. The van der Waals surface area contributed by atoms with Crippen LogP contribution in [0.15, 0.2) is 42.0 Å². The van der Waals surface area contributed by atoms with Gasteiger partial charge in [-0.15, -0.1) is 0 Å². The molecule has 3 aromatic rings. The van der Waals surface area contributed by atoms with Crippen molar-refractivity contribution in [3.8, 4) is 11.5 Å². The van der Waals surface area contributed by atoms with Gasteiger partial charge in [0.1, 0.15) is 0 Å². The van der Waals surface area contributed by atoms with Gasteiger partial charge in [0.15, 0.2) is 11.5 Å². The van der Waals surface area contributed by atoms with E-state index < -0.39 is 0 Å². The van der Waals surface area contributed by atoms with Crippen molar-refractivity contribution in [3.05, 3.63) is 64.4 Å². The lowest BCUT2D eigenvalue weighted by molar-refractivity contribution is 0.102. The Balaban J connectivity index is 1.75. The van der Waals surface area contributed by atoms with E-state index in [0.29, 0.717) is 17.9 Å². The van der Waals surface area contributed by atoms with Gasteiger partial charge in [0.25, 0.3) is 0 Å². The van der Waals surface area contributed by atoms with Crippen molar-refractivity contribution in [2.24, 2.45) is 0 Å². The number of ketones is 1. The summed E-state index contributed by atoms with van der Waals surface area (Å²) >= 11 is 0. The van der Waals surface area contributed by atoms with E-state index in [1.165, 1.54) is 12.7 Å². The summed E-state index contributed by atoms with van der Waals surface area (Å²) in [5.74, 6) is 0.537. The number of Topliss-reactive ketones (excluding diaryl/α,β-unsaturated/α-hetero) is 1. The van der Waals surface area contributed by atoms with Crippen molar-refractivity contribution in [2.45, 2.75) is 19.8 Å². The fourth-order valence-electron chi connectivity index (χ4n) is 3.47. The molecule has 0 radical (unpaired) electrons. The molecule has 0 saturated heterocycles. The summed E-state index contributed by atoms with van der Waals surface area (Å²) in [4.78, 5) is 16.2. The van der Waals surface area contributed by atoms with Crippen molar-refractivity contribution < 1.29 is 14.6 Å². The monoisotopic (exact) mass is 333 g/mol. The van der Waals surface area contributed by atoms with Crippen molar-refractivity contribution >= 4 is 22.8 Å². The summed E-state index contributed by atoms with van der Waals surface area (Å²) < 4.78 is 5.14. The zero-order chi connectivity index (χ0) is 17.6. The first kappa shape index (κ1) is 15.5. The number of carbonyl (C=O) groups excluding carboxylic acids is 1. The molecule has 4 nitrogen and oxygen atoms in total. The molecule has 0 amide bonds. The lowest BCUT2D eigenvalue weighted by Gasteiger charge is -2.14. The minimum absolute atomic E-state index is 0.0437. The maximum atomic E-state index is 12.9. The number of allylic oxidation sites excluding steroid dienone is 1. The van der Waals surface area contributed by atoms with Crippen LogP contribution in [0.2, 0.25) is 0 Å². The van der Waals surface area contributed by atoms with E-state index in [4.69, 9.17) is 4.74 Å². The molecule has 0 spiro atoms. The summed E-state index contributed by atoms with van der Waals surface area (Å²) in [7, 11) is 1.51. The number of phenols is 1. The number of hydrogen-bond acceptors (Lipinski definition) is 3. The van der Waals surface area contributed by atoms with Crippen LogP contribution in [0, 0.1) is 6.92 Å². The molecule has 1 aliphatic rings. The Bertz CT molecular complexity index is 1030. The van der Waals surface area contributed by atoms with E-state index in [0.717, 1.165) is 34.0 Å². The van der Waals surface area contributed by atoms with Crippen LogP contribution in [0.25, 0.3) is 17.0 Å². The minimum Gasteiger partial charge on any atom is -0.504 e. The Kier molecular flexibility index (Phi) is 3.61. The van der Waals surface area contributed by atoms with Crippen LogP contribution in [-0.4, -0.2) is 23.0 Å². The number of aromatic amines is 1. The molecule has 2 aromatic carbocycles. The lowest BCUT2D eigenvalue weighted by Crippen LogP contribution is -2.13. The number of H-pyrrole nitrogens is 1. The fraction of sp³-hybridized carbons (Fsp3) is 0.190. The lowest BCUT2D eigenvalue weighted by atomic mass is 9.89. The van der Waals surface area contributed by atoms with E-state index in [2.05, 4.69) is 18.0 Å². The Labute approximate surface area is 145 Å². The molecule has 0 atom stereocenters. The number of hydrogen-bond donors (Lipinski definition) is 2.